The number of hydrogen-bond donors (Lipinski definition) is 2. The first kappa shape index (κ1) is 19.4. The van der Waals surface area contributed by atoms with Gasteiger partial charge in [0.15, 0.2) is 0 Å². The standard InChI is InChI=1S/C20H25N3O3S/c1-14-8-10-15(11-9-14)19(24)22-13-20(2,3)12-21-18-16-6-4-5-7-17(16)27(25,26)23-18/h4,6,8-11H,5,7,12-13H2,1-3H3,(H,21,23)(H,22,24). The van der Waals surface area contributed by atoms with Gasteiger partial charge in [-0.3, -0.25) is 14.5 Å². The third-order valence-corrected chi connectivity index (χ3v) is 6.17. The largest absolute Gasteiger partial charge is 0.351 e. The molecule has 0 aromatic heterocycles. The van der Waals surface area contributed by atoms with Gasteiger partial charge in [0, 0.05) is 29.6 Å². The van der Waals surface area contributed by atoms with Crippen LogP contribution >= 0.6 is 0 Å². The van der Waals surface area contributed by atoms with Crippen molar-refractivity contribution < 1.29 is 13.2 Å². The van der Waals surface area contributed by atoms with Crippen LogP contribution in [0.25, 0.3) is 0 Å². The Balaban J connectivity index is 1.64. The van der Waals surface area contributed by atoms with E-state index >= 15 is 0 Å². The number of amides is 1. The normalized spacial score (nSPS) is 19.7. The lowest BCUT2D eigenvalue weighted by atomic mass is 9.93. The van der Waals surface area contributed by atoms with Gasteiger partial charge in [0.1, 0.15) is 5.84 Å². The Kier molecular flexibility index (Phi) is 5.24. The third kappa shape index (κ3) is 4.47. The molecule has 27 heavy (non-hydrogen) atoms. The van der Waals surface area contributed by atoms with Gasteiger partial charge in [-0.05, 0) is 31.9 Å². The van der Waals surface area contributed by atoms with E-state index in [4.69, 9.17) is 0 Å². The number of carbonyl (C=O) groups is 1. The minimum Gasteiger partial charge on any atom is -0.351 e. The summed E-state index contributed by atoms with van der Waals surface area (Å²) < 4.78 is 26.9. The fourth-order valence-electron chi connectivity index (χ4n) is 2.97. The van der Waals surface area contributed by atoms with Crippen molar-refractivity contribution >= 4 is 21.8 Å². The number of aliphatic imine (C=N–C) groups is 1. The smallest absolute Gasteiger partial charge is 0.259 e. The van der Waals surface area contributed by atoms with Gasteiger partial charge in [0.05, 0.1) is 4.91 Å². The summed E-state index contributed by atoms with van der Waals surface area (Å²) in [4.78, 5) is 17.2. The zero-order chi connectivity index (χ0) is 19.7. The summed E-state index contributed by atoms with van der Waals surface area (Å²) in [5.41, 5.74) is 2.07. The molecule has 1 aromatic rings. The van der Waals surface area contributed by atoms with Gasteiger partial charge in [-0.25, -0.2) is 8.42 Å². The van der Waals surface area contributed by atoms with Crippen LogP contribution in [0.2, 0.25) is 0 Å². The molecule has 6 nitrogen and oxygen atoms in total. The first-order valence-electron chi connectivity index (χ1n) is 9.00. The third-order valence-electron chi connectivity index (χ3n) is 4.64. The second kappa shape index (κ2) is 7.31. The maximum absolute atomic E-state index is 12.3. The molecule has 1 aliphatic heterocycles. The maximum atomic E-state index is 12.3. The summed E-state index contributed by atoms with van der Waals surface area (Å²) in [7, 11) is -3.45. The molecule has 0 atom stereocenters. The Bertz CT molecular complexity index is 939. The summed E-state index contributed by atoms with van der Waals surface area (Å²) in [6, 6.07) is 7.41. The minimum atomic E-state index is -3.45. The van der Waals surface area contributed by atoms with Gasteiger partial charge < -0.3 is 5.32 Å². The monoisotopic (exact) mass is 387 g/mol. The molecule has 0 spiro atoms. The zero-order valence-electron chi connectivity index (χ0n) is 15.9. The minimum absolute atomic E-state index is 0.127. The Labute approximate surface area is 160 Å². The van der Waals surface area contributed by atoms with Crippen molar-refractivity contribution in [1.82, 2.24) is 10.0 Å². The van der Waals surface area contributed by atoms with E-state index in [9.17, 15) is 13.2 Å². The van der Waals surface area contributed by atoms with Crippen LogP contribution in [-0.2, 0) is 10.0 Å². The summed E-state index contributed by atoms with van der Waals surface area (Å²) in [6.07, 6.45) is 5.02. The average Bonchev–Trinajstić information content (AvgIpc) is 2.90. The predicted molar refractivity (Wildman–Crippen MR) is 107 cm³/mol. The lowest BCUT2D eigenvalue weighted by molar-refractivity contribution is 0.0938. The zero-order valence-corrected chi connectivity index (χ0v) is 16.7. The molecule has 2 aliphatic rings. The lowest BCUT2D eigenvalue weighted by Crippen LogP contribution is -2.36. The van der Waals surface area contributed by atoms with Crippen LogP contribution in [-0.4, -0.2) is 33.3 Å². The molecule has 0 radical (unpaired) electrons. The molecule has 0 saturated carbocycles. The molecule has 0 fully saturated rings. The molecule has 0 saturated heterocycles. The van der Waals surface area contributed by atoms with Crippen LogP contribution in [0.5, 0.6) is 0 Å². The van der Waals surface area contributed by atoms with Crippen LogP contribution in [0.1, 0.15) is 42.6 Å². The van der Waals surface area contributed by atoms with Crippen molar-refractivity contribution in [2.75, 3.05) is 13.1 Å². The molecule has 144 valence electrons. The Morgan fingerprint density at radius 1 is 1.26 bits per heavy atom. The van der Waals surface area contributed by atoms with Crippen molar-refractivity contribution in [2.45, 2.75) is 33.6 Å². The molecule has 1 aromatic carbocycles. The number of rotatable bonds is 5. The number of nitrogens with one attached hydrogen (secondary N) is 2. The van der Waals surface area contributed by atoms with Gasteiger partial charge in [-0.2, -0.15) is 0 Å². The van der Waals surface area contributed by atoms with E-state index in [1.54, 1.807) is 12.1 Å². The van der Waals surface area contributed by atoms with Crippen molar-refractivity contribution in [3.05, 3.63) is 58.0 Å². The molecule has 0 unspecified atom stereocenters. The first-order chi connectivity index (χ1) is 12.7. The lowest BCUT2D eigenvalue weighted by Gasteiger charge is -2.23. The molecular weight excluding hydrogens is 362 g/mol. The molecule has 0 bridgehead atoms. The van der Waals surface area contributed by atoms with Gasteiger partial charge >= 0.3 is 0 Å². The molecule has 3 rings (SSSR count). The van der Waals surface area contributed by atoms with Gasteiger partial charge in [-0.1, -0.05) is 43.7 Å². The molecular formula is C20H25N3O3S. The SMILES string of the molecule is Cc1ccc(C(=O)NCC(C)(C)CN=C2NS(=O)(=O)C3=C2C=CCC3)cc1. The summed E-state index contributed by atoms with van der Waals surface area (Å²) in [5, 5.41) is 2.93. The molecule has 1 heterocycles. The number of carbonyl (C=O) groups excluding carboxylic acids is 1. The summed E-state index contributed by atoms with van der Waals surface area (Å²) >= 11 is 0. The predicted octanol–water partition coefficient (Wildman–Crippen LogP) is 2.69. The fourth-order valence-corrected chi connectivity index (χ4v) is 4.36. The maximum Gasteiger partial charge on any atom is 0.259 e. The fraction of sp³-hybridized carbons (Fsp3) is 0.400. The highest BCUT2D eigenvalue weighted by molar-refractivity contribution is 7.94. The number of amidine groups is 1. The highest BCUT2D eigenvalue weighted by Crippen LogP contribution is 2.29. The summed E-state index contributed by atoms with van der Waals surface area (Å²) in [5.74, 6) is 0.274. The second-order valence-electron chi connectivity index (χ2n) is 7.76. The number of hydrogen-bond acceptors (Lipinski definition) is 4. The highest BCUT2D eigenvalue weighted by atomic mass is 32.2. The van der Waals surface area contributed by atoms with E-state index in [2.05, 4.69) is 15.0 Å². The number of allylic oxidation sites excluding steroid dienone is 2. The van der Waals surface area contributed by atoms with Crippen LogP contribution < -0.4 is 10.0 Å². The number of nitrogens with zero attached hydrogens (tertiary/aromatic N) is 1. The van der Waals surface area contributed by atoms with Crippen molar-refractivity contribution in [3.8, 4) is 0 Å². The molecule has 1 amide bonds. The van der Waals surface area contributed by atoms with Crippen LogP contribution in [0.3, 0.4) is 0 Å². The van der Waals surface area contributed by atoms with E-state index in [0.717, 1.165) is 12.0 Å². The molecule has 2 N–H and O–H groups in total. The first-order valence-corrected chi connectivity index (χ1v) is 10.5. The van der Waals surface area contributed by atoms with Gasteiger partial charge in [0.2, 0.25) is 0 Å². The van der Waals surface area contributed by atoms with E-state index in [1.165, 1.54) is 0 Å². The Morgan fingerprint density at radius 3 is 2.67 bits per heavy atom. The average molecular weight is 388 g/mol. The molecule has 1 aliphatic carbocycles. The van der Waals surface area contributed by atoms with E-state index in [0.29, 0.717) is 41.4 Å². The van der Waals surface area contributed by atoms with Crippen LogP contribution in [0, 0.1) is 12.3 Å². The number of sulfonamides is 1. The van der Waals surface area contributed by atoms with Crippen molar-refractivity contribution in [3.63, 3.8) is 0 Å². The summed E-state index contributed by atoms with van der Waals surface area (Å²) in [6.45, 7) is 6.78. The topological polar surface area (TPSA) is 87.6 Å². The van der Waals surface area contributed by atoms with E-state index in [-0.39, 0.29) is 11.3 Å². The number of aryl methyl sites for hydroxylation is 1. The quantitative estimate of drug-likeness (QED) is 0.814. The van der Waals surface area contributed by atoms with E-state index < -0.39 is 10.0 Å². The van der Waals surface area contributed by atoms with Crippen LogP contribution in [0.15, 0.2) is 51.9 Å². The Morgan fingerprint density at radius 2 is 1.96 bits per heavy atom. The molecule has 7 heteroatoms. The van der Waals surface area contributed by atoms with Crippen molar-refractivity contribution in [2.24, 2.45) is 10.4 Å². The van der Waals surface area contributed by atoms with E-state index in [1.807, 2.05) is 45.1 Å². The number of benzene rings is 1. The van der Waals surface area contributed by atoms with Gasteiger partial charge in [-0.15, -0.1) is 0 Å². The van der Waals surface area contributed by atoms with Crippen LogP contribution in [0.4, 0.5) is 0 Å². The van der Waals surface area contributed by atoms with Crippen molar-refractivity contribution in [1.29, 1.82) is 0 Å². The van der Waals surface area contributed by atoms with Gasteiger partial charge in [0.25, 0.3) is 15.9 Å². The second-order valence-corrected chi connectivity index (χ2v) is 9.46. The highest BCUT2D eigenvalue weighted by Gasteiger charge is 2.33. The Hall–Kier alpha value is -2.41.